The maximum Gasteiger partial charge on any atom is 0.416 e. The van der Waals surface area contributed by atoms with Crippen molar-refractivity contribution in [1.82, 2.24) is 5.32 Å². The quantitative estimate of drug-likeness (QED) is 0.269. The number of urea groups is 1. The van der Waals surface area contributed by atoms with Crippen LogP contribution in [0.4, 0.5) is 29.3 Å². The minimum Gasteiger partial charge on any atom is -0.352 e. The second kappa shape index (κ2) is 12.1. The number of amides is 3. The lowest BCUT2D eigenvalue weighted by atomic mass is 10.1. The standard InChI is InChI=1S/C26H23ClF3N3O2/c27-21-10-5-11-22(18-21)32-25(35)33(23-12-4-9-20(17-23)26(28,29)30)16-6-15-31-24(34)14-13-19-7-2-1-3-8-19/h1-5,7-14,17-18H,6,15-16H2,(H,31,34)(H,32,35)/b14-13+. The molecule has 0 aliphatic carbocycles. The zero-order valence-electron chi connectivity index (χ0n) is 18.6. The highest BCUT2D eigenvalue weighted by Crippen LogP contribution is 2.32. The van der Waals surface area contributed by atoms with E-state index >= 15 is 0 Å². The normalized spacial score (nSPS) is 11.3. The van der Waals surface area contributed by atoms with Crippen LogP contribution in [0.25, 0.3) is 6.08 Å². The SMILES string of the molecule is O=C(/C=C/c1ccccc1)NCCCN(C(=O)Nc1cccc(Cl)c1)c1cccc(C(F)(F)F)c1. The third kappa shape index (κ3) is 8.19. The molecule has 3 rings (SSSR count). The third-order valence-electron chi connectivity index (χ3n) is 4.89. The van der Waals surface area contributed by atoms with Crippen LogP contribution in [-0.2, 0) is 11.0 Å². The van der Waals surface area contributed by atoms with Crippen LogP contribution in [0, 0.1) is 0 Å². The van der Waals surface area contributed by atoms with Gasteiger partial charge in [-0.3, -0.25) is 9.69 Å². The van der Waals surface area contributed by atoms with Gasteiger partial charge in [0.15, 0.2) is 0 Å². The Kier molecular flexibility index (Phi) is 8.92. The predicted molar refractivity (Wildman–Crippen MR) is 132 cm³/mol. The van der Waals surface area contributed by atoms with E-state index in [9.17, 15) is 22.8 Å². The van der Waals surface area contributed by atoms with Gasteiger partial charge in [0, 0.05) is 35.6 Å². The van der Waals surface area contributed by atoms with Gasteiger partial charge in [-0.1, -0.05) is 54.1 Å². The Morgan fingerprint density at radius 3 is 2.40 bits per heavy atom. The summed E-state index contributed by atoms with van der Waals surface area (Å²) in [5, 5.41) is 5.76. The summed E-state index contributed by atoms with van der Waals surface area (Å²) in [4.78, 5) is 26.2. The number of rotatable bonds is 8. The molecule has 0 aliphatic rings. The molecule has 0 radical (unpaired) electrons. The van der Waals surface area contributed by atoms with Crippen molar-refractivity contribution in [3.8, 4) is 0 Å². The van der Waals surface area contributed by atoms with Crippen molar-refractivity contribution < 1.29 is 22.8 Å². The fourth-order valence-corrected chi connectivity index (χ4v) is 3.39. The van der Waals surface area contributed by atoms with E-state index in [1.54, 1.807) is 24.3 Å². The van der Waals surface area contributed by atoms with Crippen molar-refractivity contribution in [2.45, 2.75) is 12.6 Å². The van der Waals surface area contributed by atoms with Crippen LogP contribution in [0.1, 0.15) is 17.5 Å². The molecule has 5 nitrogen and oxygen atoms in total. The summed E-state index contributed by atoms with van der Waals surface area (Å²) < 4.78 is 39.7. The molecular weight excluding hydrogens is 479 g/mol. The minimum absolute atomic E-state index is 0.0659. The molecular formula is C26H23ClF3N3O2. The van der Waals surface area contributed by atoms with Gasteiger partial charge in [0.25, 0.3) is 0 Å². The maximum atomic E-state index is 13.2. The molecule has 0 fully saturated rings. The zero-order valence-corrected chi connectivity index (χ0v) is 19.3. The number of carbonyl (C=O) groups excluding carboxylic acids is 2. The summed E-state index contributed by atoms with van der Waals surface area (Å²) in [5.41, 5.74) is 0.486. The summed E-state index contributed by atoms with van der Waals surface area (Å²) in [7, 11) is 0. The fraction of sp³-hybridized carbons (Fsp3) is 0.154. The van der Waals surface area contributed by atoms with Crippen molar-refractivity contribution in [3.05, 3.63) is 101 Å². The monoisotopic (exact) mass is 501 g/mol. The molecule has 0 saturated carbocycles. The Labute approximate surface area is 206 Å². The van der Waals surface area contributed by atoms with Gasteiger partial charge in [-0.15, -0.1) is 0 Å². The Morgan fingerprint density at radius 1 is 0.943 bits per heavy atom. The average molecular weight is 502 g/mol. The zero-order chi connectivity index (χ0) is 25.3. The Balaban J connectivity index is 1.67. The molecule has 2 N–H and O–H groups in total. The first-order valence-electron chi connectivity index (χ1n) is 10.7. The lowest BCUT2D eigenvalue weighted by Gasteiger charge is -2.24. The van der Waals surface area contributed by atoms with Gasteiger partial charge in [0.2, 0.25) is 5.91 Å². The van der Waals surface area contributed by atoms with Gasteiger partial charge in [-0.05, 0) is 54.5 Å². The summed E-state index contributed by atoms with van der Waals surface area (Å²) >= 11 is 5.96. The van der Waals surface area contributed by atoms with E-state index in [0.29, 0.717) is 17.1 Å². The predicted octanol–water partition coefficient (Wildman–Crippen LogP) is 6.62. The van der Waals surface area contributed by atoms with E-state index in [1.807, 2.05) is 30.3 Å². The number of anilines is 2. The molecule has 3 aromatic carbocycles. The van der Waals surface area contributed by atoms with E-state index in [0.717, 1.165) is 17.7 Å². The highest BCUT2D eigenvalue weighted by molar-refractivity contribution is 6.30. The molecule has 0 heterocycles. The summed E-state index contributed by atoms with van der Waals surface area (Å²) in [6.45, 7) is 0.286. The summed E-state index contributed by atoms with van der Waals surface area (Å²) in [6.07, 6.45) is -1.18. The number of alkyl halides is 3. The number of benzene rings is 3. The van der Waals surface area contributed by atoms with Gasteiger partial charge in [0.05, 0.1) is 5.56 Å². The lowest BCUT2D eigenvalue weighted by molar-refractivity contribution is -0.137. The lowest BCUT2D eigenvalue weighted by Crippen LogP contribution is -2.37. The first kappa shape index (κ1) is 25.8. The summed E-state index contributed by atoms with van der Waals surface area (Å²) in [5.74, 6) is -0.317. The van der Waals surface area contributed by atoms with Crippen molar-refractivity contribution in [1.29, 1.82) is 0 Å². The Hall–Kier alpha value is -3.78. The molecule has 35 heavy (non-hydrogen) atoms. The molecule has 0 atom stereocenters. The highest BCUT2D eigenvalue weighted by Gasteiger charge is 2.31. The van der Waals surface area contributed by atoms with E-state index < -0.39 is 17.8 Å². The molecule has 0 saturated heterocycles. The van der Waals surface area contributed by atoms with Crippen LogP contribution in [0.15, 0.2) is 84.9 Å². The second-order valence-corrected chi connectivity index (χ2v) is 7.97. The second-order valence-electron chi connectivity index (χ2n) is 7.53. The largest absolute Gasteiger partial charge is 0.416 e. The average Bonchev–Trinajstić information content (AvgIpc) is 2.83. The number of hydrogen-bond donors (Lipinski definition) is 2. The Bertz CT molecular complexity index is 1180. The Morgan fingerprint density at radius 2 is 1.69 bits per heavy atom. The molecule has 182 valence electrons. The summed E-state index contributed by atoms with van der Waals surface area (Å²) in [6, 6.07) is 19.6. The molecule has 0 spiro atoms. The van der Waals surface area contributed by atoms with Crippen molar-refractivity contribution in [2.75, 3.05) is 23.3 Å². The van der Waals surface area contributed by atoms with E-state index in [-0.39, 0.29) is 24.7 Å². The van der Waals surface area contributed by atoms with Crippen molar-refractivity contribution in [2.24, 2.45) is 0 Å². The van der Waals surface area contributed by atoms with E-state index in [2.05, 4.69) is 10.6 Å². The fourth-order valence-electron chi connectivity index (χ4n) is 3.20. The van der Waals surface area contributed by atoms with Gasteiger partial charge in [-0.25, -0.2) is 4.79 Å². The number of nitrogens with zero attached hydrogens (tertiary/aromatic N) is 1. The van der Waals surface area contributed by atoms with Crippen LogP contribution in [0.5, 0.6) is 0 Å². The molecule has 0 aromatic heterocycles. The number of hydrogen-bond acceptors (Lipinski definition) is 2. The topological polar surface area (TPSA) is 61.4 Å². The molecule has 3 aromatic rings. The van der Waals surface area contributed by atoms with Crippen LogP contribution in [-0.4, -0.2) is 25.0 Å². The maximum absolute atomic E-state index is 13.2. The van der Waals surface area contributed by atoms with E-state index in [4.69, 9.17) is 11.6 Å². The van der Waals surface area contributed by atoms with Gasteiger partial charge >= 0.3 is 12.2 Å². The molecule has 0 aliphatic heterocycles. The van der Waals surface area contributed by atoms with Gasteiger partial charge in [0.1, 0.15) is 0 Å². The van der Waals surface area contributed by atoms with Gasteiger partial charge in [-0.2, -0.15) is 13.2 Å². The van der Waals surface area contributed by atoms with Crippen LogP contribution >= 0.6 is 11.6 Å². The number of nitrogens with one attached hydrogen (secondary N) is 2. The van der Waals surface area contributed by atoms with Gasteiger partial charge < -0.3 is 10.6 Å². The van der Waals surface area contributed by atoms with Crippen LogP contribution in [0.2, 0.25) is 5.02 Å². The number of carbonyl (C=O) groups is 2. The van der Waals surface area contributed by atoms with E-state index in [1.165, 1.54) is 29.2 Å². The highest BCUT2D eigenvalue weighted by atomic mass is 35.5. The van der Waals surface area contributed by atoms with Crippen LogP contribution in [0.3, 0.4) is 0 Å². The number of halogens is 4. The van der Waals surface area contributed by atoms with Crippen LogP contribution < -0.4 is 15.5 Å². The van der Waals surface area contributed by atoms with Crippen molar-refractivity contribution >= 4 is 41.0 Å². The minimum atomic E-state index is -4.55. The first-order chi connectivity index (χ1) is 16.7. The molecule has 9 heteroatoms. The molecule has 3 amide bonds. The molecule has 0 unspecified atom stereocenters. The van der Waals surface area contributed by atoms with Crippen molar-refractivity contribution in [3.63, 3.8) is 0 Å². The third-order valence-corrected chi connectivity index (χ3v) is 5.13. The molecule has 0 bridgehead atoms. The smallest absolute Gasteiger partial charge is 0.352 e. The first-order valence-corrected chi connectivity index (χ1v) is 11.1.